The van der Waals surface area contributed by atoms with Crippen LogP contribution in [0.2, 0.25) is 0 Å². The van der Waals surface area contributed by atoms with E-state index >= 15 is 0 Å². The average Bonchev–Trinajstić information content (AvgIpc) is 2.62. The normalized spacial score (nSPS) is 10.1. The van der Waals surface area contributed by atoms with Gasteiger partial charge in [-0.25, -0.2) is 0 Å². The summed E-state index contributed by atoms with van der Waals surface area (Å²) in [6.45, 7) is 3.91. The second-order valence-electron chi connectivity index (χ2n) is 2.90. The van der Waals surface area contributed by atoms with Gasteiger partial charge < -0.3 is 10.1 Å². The summed E-state index contributed by atoms with van der Waals surface area (Å²) in [5, 5.41) is 3.24. The fraction of sp³-hybridized carbons (Fsp3) is 0.500. The van der Waals surface area contributed by atoms with E-state index in [0.29, 0.717) is 6.42 Å². The van der Waals surface area contributed by atoms with E-state index in [1.165, 1.54) is 12.0 Å². The highest BCUT2D eigenvalue weighted by Gasteiger charge is 2.05. The third-order valence-electron chi connectivity index (χ3n) is 1.81. The molecule has 0 saturated carbocycles. The van der Waals surface area contributed by atoms with Crippen molar-refractivity contribution in [2.75, 3.05) is 13.7 Å². The molecule has 0 saturated heterocycles. The minimum absolute atomic E-state index is 0.179. The summed E-state index contributed by atoms with van der Waals surface area (Å²) >= 11 is 1.65. The number of carbonyl (C=O) groups excluding carboxylic acids is 1. The van der Waals surface area contributed by atoms with Crippen LogP contribution in [0.4, 0.5) is 0 Å². The van der Waals surface area contributed by atoms with Crippen LogP contribution in [0.3, 0.4) is 0 Å². The molecule has 0 radical (unpaired) electrons. The van der Waals surface area contributed by atoms with E-state index in [1.807, 2.05) is 12.1 Å². The van der Waals surface area contributed by atoms with Crippen molar-refractivity contribution in [2.24, 2.45) is 0 Å². The lowest BCUT2D eigenvalue weighted by molar-refractivity contribution is -0.139. The summed E-state index contributed by atoms with van der Waals surface area (Å²) in [6.07, 6.45) is 0.382. The quantitative estimate of drug-likeness (QED) is 0.755. The number of hydrogen-bond donors (Lipinski definition) is 1. The van der Waals surface area contributed by atoms with E-state index < -0.39 is 0 Å². The summed E-state index contributed by atoms with van der Waals surface area (Å²) in [5.41, 5.74) is 0. The van der Waals surface area contributed by atoms with Gasteiger partial charge in [0, 0.05) is 16.3 Å². The third-order valence-corrected chi connectivity index (χ3v) is 2.90. The van der Waals surface area contributed by atoms with Gasteiger partial charge in [0.15, 0.2) is 0 Å². The molecule has 0 bridgehead atoms. The van der Waals surface area contributed by atoms with Gasteiger partial charge in [-0.2, -0.15) is 0 Å². The Labute approximate surface area is 88.1 Å². The predicted octanol–water partition coefficient (Wildman–Crippen LogP) is 1.57. The van der Waals surface area contributed by atoms with Gasteiger partial charge in [-0.1, -0.05) is 6.92 Å². The number of nitrogens with one attached hydrogen (secondary N) is 1. The van der Waals surface area contributed by atoms with Crippen LogP contribution >= 0.6 is 11.3 Å². The van der Waals surface area contributed by atoms with E-state index in [1.54, 1.807) is 11.3 Å². The van der Waals surface area contributed by atoms with Crippen molar-refractivity contribution in [2.45, 2.75) is 19.9 Å². The first kappa shape index (κ1) is 11.2. The fourth-order valence-electron chi connectivity index (χ4n) is 1.07. The Hall–Kier alpha value is -0.870. The zero-order valence-corrected chi connectivity index (χ0v) is 9.32. The molecule has 1 N–H and O–H groups in total. The maximum absolute atomic E-state index is 11.0. The van der Waals surface area contributed by atoms with Crippen LogP contribution in [0.25, 0.3) is 0 Å². The number of ether oxygens (including phenoxy) is 1. The van der Waals surface area contributed by atoms with E-state index in [4.69, 9.17) is 0 Å². The Morgan fingerprint density at radius 2 is 2.21 bits per heavy atom. The van der Waals surface area contributed by atoms with Gasteiger partial charge in [0.05, 0.1) is 13.5 Å². The molecule has 0 aromatic carbocycles. The second-order valence-corrected chi connectivity index (χ2v) is 4.15. The van der Waals surface area contributed by atoms with Gasteiger partial charge in [0.25, 0.3) is 0 Å². The topological polar surface area (TPSA) is 38.3 Å². The molecule has 78 valence electrons. The van der Waals surface area contributed by atoms with Crippen LogP contribution in [0.5, 0.6) is 0 Å². The van der Waals surface area contributed by atoms with Gasteiger partial charge in [-0.3, -0.25) is 4.79 Å². The van der Waals surface area contributed by atoms with E-state index in [0.717, 1.165) is 18.0 Å². The summed E-state index contributed by atoms with van der Waals surface area (Å²) in [6, 6.07) is 4.03. The fourth-order valence-corrected chi connectivity index (χ4v) is 2.05. The molecular formula is C10H15NO2S. The molecule has 0 amide bonds. The highest BCUT2D eigenvalue weighted by Crippen LogP contribution is 2.17. The summed E-state index contributed by atoms with van der Waals surface area (Å²) in [5.74, 6) is -0.179. The Kier molecular flexibility index (Phi) is 4.62. The van der Waals surface area contributed by atoms with E-state index in [2.05, 4.69) is 17.0 Å². The standard InChI is InChI=1S/C10H15NO2S/c1-3-11-7-9-5-4-8(14-9)6-10(12)13-2/h4-5,11H,3,6-7H2,1-2H3. The lowest BCUT2D eigenvalue weighted by atomic mass is 10.3. The SMILES string of the molecule is CCNCc1ccc(CC(=O)OC)s1. The lowest BCUT2D eigenvalue weighted by Gasteiger charge is -1.97. The van der Waals surface area contributed by atoms with Crippen LogP contribution in [-0.2, 0) is 22.5 Å². The molecule has 0 spiro atoms. The zero-order chi connectivity index (χ0) is 10.4. The van der Waals surface area contributed by atoms with Crippen LogP contribution < -0.4 is 5.32 Å². The molecule has 3 nitrogen and oxygen atoms in total. The van der Waals surface area contributed by atoms with Crippen molar-refractivity contribution in [3.05, 3.63) is 21.9 Å². The van der Waals surface area contributed by atoms with Crippen LogP contribution in [0.1, 0.15) is 16.7 Å². The van der Waals surface area contributed by atoms with Gasteiger partial charge >= 0.3 is 5.97 Å². The predicted molar refractivity (Wildman–Crippen MR) is 57.4 cm³/mol. The number of carbonyl (C=O) groups is 1. The maximum atomic E-state index is 11.0. The van der Waals surface area contributed by atoms with Crippen molar-refractivity contribution in [3.63, 3.8) is 0 Å². The van der Waals surface area contributed by atoms with Crippen molar-refractivity contribution in [3.8, 4) is 0 Å². The van der Waals surface area contributed by atoms with Crippen molar-refractivity contribution < 1.29 is 9.53 Å². The summed E-state index contributed by atoms with van der Waals surface area (Å²) in [4.78, 5) is 13.3. The van der Waals surface area contributed by atoms with Crippen LogP contribution in [0.15, 0.2) is 12.1 Å². The van der Waals surface area contributed by atoms with Crippen molar-refractivity contribution in [1.29, 1.82) is 0 Å². The number of esters is 1. The maximum Gasteiger partial charge on any atom is 0.310 e. The van der Waals surface area contributed by atoms with Gasteiger partial charge in [-0.05, 0) is 18.7 Å². The highest BCUT2D eigenvalue weighted by atomic mass is 32.1. The number of methoxy groups -OCH3 is 1. The molecule has 1 aromatic rings. The molecule has 1 rings (SSSR count). The molecule has 0 unspecified atom stereocenters. The Balaban J connectivity index is 2.46. The third kappa shape index (κ3) is 3.47. The molecule has 0 aliphatic carbocycles. The lowest BCUT2D eigenvalue weighted by Crippen LogP contribution is -2.10. The number of thiophene rings is 1. The Morgan fingerprint density at radius 1 is 1.50 bits per heavy atom. The molecule has 1 heterocycles. The molecule has 0 atom stereocenters. The van der Waals surface area contributed by atoms with E-state index in [-0.39, 0.29) is 5.97 Å². The van der Waals surface area contributed by atoms with Gasteiger partial charge in [-0.15, -0.1) is 11.3 Å². The first-order valence-corrected chi connectivity index (χ1v) is 5.43. The number of hydrogen-bond acceptors (Lipinski definition) is 4. The van der Waals surface area contributed by atoms with Gasteiger partial charge in [0.1, 0.15) is 0 Å². The summed E-state index contributed by atoms with van der Waals surface area (Å²) < 4.78 is 4.60. The summed E-state index contributed by atoms with van der Waals surface area (Å²) in [7, 11) is 1.41. The monoisotopic (exact) mass is 213 g/mol. The molecule has 1 aromatic heterocycles. The molecule has 0 aliphatic rings. The Bertz CT molecular complexity index is 296. The largest absolute Gasteiger partial charge is 0.469 e. The van der Waals surface area contributed by atoms with Crippen molar-refractivity contribution in [1.82, 2.24) is 5.32 Å². The molecule has 14 heavy (non-hydrogen) atoms. The molecule has 0 aliphatic heterocycles. The van der Waals surface area contributed by atoms with Crippen LogP contribution in [0, 0.1) is 0 Å². The first-order chi connectivity index (χ1) is 6.76. The van der Waals surface area contributed by atoms with Crippen molar-refractivity contribution >= 4 is 17.3 Å². The average molecular weight is 213 g/mol. The second kappa shape index (κ2) is 5.78. The Morgan fingerprint density at radius 3 is 2.86 bits per heavy atom. The zero-order valence-electron chi connectivity index (χ0n) is 8.50. The first-order valence-electron chi connectivity index (χ1n) is 4.61. The molecule has 4 heteroatoms. The minimum Gasteiger partial charge on any atom is -0.469 e. The highest BCUT2D eigenvalue weighted by molar-refractivity contribution is 7.12. The number of rotatable bonds is 5. The minimum atomic E-state index is -0.179. The molecular weight excluding hydrogens is 198 g/mol. The van der Waals surface area contributed by atoms with Crippen LogP contribution in [-0.4, -0.2) is 19.6 Å². The van der Waals surface area contributed by atoms with Gasteiger partial charge in [0.2, 0.25) is 0 Å². The smallest absolute Gasteiger partial charge is 0.310 e. The molecule has 0 fully saturated rings. The van der Waals surface area contributed by atoms with E-state index in [9.17, 15) is 4.79 Å².